The van der Waals surface area contributed by atoms with Gasteiger partial charge in [0, 0.05) is 29.1 Å². The molecule has 0 amide bonds. The van der Waals surface area contributed by atoms with Crippen LogP contribution in [0.4, 0.5) is 5.69 Å². The van der Waals surface area contributed by atoms with Crippen molar-refractivity contribution in [2.24, 2.45) is 0 Å². The van der Waals surface area contributed by atoms with Crippen molar-refractivity contribution in [3.05, 3.63) is 131 Å². The number of benzene rings is 3. The van der Waals surface area contributed by atoms with Crippen molar-refractivity contribution >= 4 is 23.5 Å². The molecule has 0 atom stereocenters. The van der Waals surface area contributed by atoms with Crippen molar-refractivity contribution in [2.75, 3.05) is 4.90 Å². The fourth-order valence-corrected chi connectivity index (χ4v) is 4.82. The van der Waals surface area contributed by atoms with Gasteiger partial charge in [-0.3, -0.25) is 0 Å². The van der Waals surface area contributed by atoms with Gasteiger partial charge in [0.2, 0.25) is 0 Å². The third-order valence-corrected chi connectivity index (χ3v) is 6.35. The number of para-hydroxylation sites is 1. The van der Waals surface area contributed by atoms with Crippen LogP contribution in [0.15, 0.2) is 119 Å². The van der Waals surface area contributed by atoms with Crippen LogP contribution in [-0.2, 0) is 13.1 Å². The van der Waals surface area contributed by atoms with Crippen LogP contribution >= 0.6 is 11.8 Å². The van der Waals surface area contributed by atoms with Crippen molar-refractivity contribution < 1.29 is 4.57 Å². The van der Waals surface area contributed by atoms with E-state index in [1.807, 2.05) is 11.8 Å². The van der Waals surface area contributed by atoms with E-state index in [4.69, 9.17) is 0 Å². The molecule has 1 aliphatic heterocycles. The Morgan fingerprint density at radius 3 is 2.07 bits per heavy atom. The summed E-state index contributed by atoms with van der Waals surface area (Å²) in [5.74, 6) is 0. The number of anilines is 1. The van der Waals surface area contributed by atoms with Crippen LogP contribution in [0.3, 0.4) is 0 Å². The van der Waals surface area contributed by atoms with E-state index >= 15 is 0 Å². The first-order valence-corrected chi connectivity index (χ1v) is 11.0. The molecule has 0 saturated carbocycles. The lowest BCUT2D eigenvalue weighted by molar-refractivity contribution is -0.688. The van der Waals surface area contributed by atoms with E-state index in [9.17, 15) is 0 Å². The van der Waals surface area contributed by atoms with Crippen LogP contribution in [-0.4, -0.2) is 0 Å². The predicted octanol–water partition coefficient (Wildman–Crippen LogP) is 6.13. The van der Waals surface area contributed by atoms with Gasteiger partial charge in [-0.15, -0.1) is 0 Å². The average Bonchev–Trinajstić information content (AvgIpc) is 3.13. The quantitative estimate of drug-likeness (QED) is 0.367. The Balaban J connectivity index is 1.40. The Morgan fingerprint density at radius 2 is 1.33 bits per heavy atom. The van der Waals surface area contributed by atoms with Crippen LogP contribution in [0.5, 0.6) is 0 Å². The zero-order valence-corrected chi connectivity index (χ0v) is 17.5. The Kier molecular flexibility index (Phi) is 5.36. The van der Waals surface area contributed by atoms with Crippen LogP contribution in [0.25, 0.3) is 6.08 Å². The Hall–Kier alpha value is -3.30. The molecule has 0 fully saturated rings. The zero-order chi connectivity index (χ0) is 20.2. The number of hydrogen-bond donors (Lipinski definition) is 0. The van der Waals surface area contributed by atoms with E-state index in [0.717, 1.165) is 13.1 Å². The summed E-state index contributed by atoms with van der Waals surface area (Å²) in [6.07, 6.45) is 6.61. The highest BCUT2D eigenvalue weighted by Crippen LogP contribution is 2.47. The van der Waals surface area contributed by atoms with Crippen molar-refractivity contribution in [3.8, 4) is 0 Å². The van der Waals surface area contributed by atoms with E-state index in [1.165, 1.54) is 32.3 Å². The van der Waals surface area contributed by atoms with Gasteiger partial charge in [-0.2, -0.15) is 0 Å². The first-order chi connectivity index (χ1) is 14.8. The maximum absolute atomic E-state index is 2.42. The fraction of sp³-hybridized carbons (Fsp3) is 0.0741. The molecular weight excluding hydrogens is 384 g/mol. The van der Waals surface area contributed by atoms with Gasteiger partial charge in [-0.25, -0.2) is 4.57 Å². The molecule has 0 N–H and O–H groups in total. The molecule has 2 heterocycles. The van der Waals surface area contributed by atoms with Crippen LogP contribution in [0.2, 0.25) is 0 Å². The standard InChI is InChI=1S/C27H23N2S/c1-3-9-23(10-4-1)20-28-17-15-22(16-18-28)19-27-29(21-24-11-5-2-6-12-24)25-13-7-8-14-26(25)30-27/h1-19H,20-21H2/q+1. The topological polar surface area (TPSA) is 7.12 Å². The van der Waals surface area contributed by atoms with Crippen molar-refractivity contribution in [2.45, 2.75) is 18.0 Å². The summed E-state index contributed by atoms with van der Waals surface area (Å²) in [5.41, 5.74) is 5.12. The number of fused-ring (bicyclic) bond motifs is 1. The van der Waals surface area contributed by atoms with Gasteiger partial charge in [0.15, 0.2) is 18.9 Å². The second-order valence-corrected chi connectivity index (χ2v) is 8.48. The molecule has 30 heavy (non-hydrogen) atoms. The van der Waals surface area contributed by atoms with Crippen molar-refractivity contribution in [1.82, 2.24) is 0 Å². The first-order valence-electron chi connectivity index (χ1n) is 10.2. The Bertz CT molecular complexity index is 1150. The molecule has 5 rings (SSSR count). The van der Waals surface area contributed by atoms with E-state index in [2.05, 4.69) is 125 Å². The molecule has 3 aromatic carbocycles. The molecule has 2 nitrogen and oxygen atoms in total. The second kappa shape index (κ2) is 8.60. The number of pyridine rings is 1. The highest BCUT2D eigenvalue weighted by atomic mass is 32.2. The molecule has 0 spiro atoms. The van der Waals surface area contributed by atoms with Crippen LogP contribution < -0.4 is 9.47 Å². The molecule has 0 bridgehead atoms. The minimum absolute atomic E-state index is 0.873. The number of thioether (sulfide) groups is 1. The van der Waals surface area contributed by atoms with Gasteiger partial charge in [0.1, 0.15) is 0 Å². The molecular formula is C27H23N2S+. The summed E-state index contributed by atoms with van der Waals surface area (Å²) in [6.45, 7) is 1.76. The van der Waals surface area contributed by atoms with E-state index in [1.54, 1.807) is 0 Å². The van der Waals surface area contributed by atoms with Gasteiger partial charge in [0.25, 0.3) is 0 Å². The monoisotopic (exact) mass is 407 g/mol. The summed E-state index contributed by atoms with van der Waals surface area (Å²) in [6, 6.07) is 34.3. The fourth-order valence-electron chi connectivity index (χ4n) is 3.70. The predicted molar refractivity (Wildman–Crippen MR) is 125 cm³/mol. The van der Waals surface area contributed by atoms with E-state index in [0.29, 0.717) is 0 Å². The molecule has 1 aliphatic rings. The summed E-state index contributed by atoms with van der Waals surface area (Å²) < 4.78 is 2.22. The van der Waals surface area contributed by atoms with Gasteiger partial charge in [-0.05, 0) is 29.3 Å². The molecule has 4 aromatic rings. The number of rotatable bonds is 5. The van der Waals surface area contributed by atoms with Crippen LogP contribution in [0, 0.1) is 0 Å². The number of aromatic nitrogens is 1. The minimum atomic E-state index is 0.873. The molecule has 0 radical (unpaired) electrons. The van der Waals surface area contributed by atoms with Gasteiger partial charge >= 0.3 is 0 Å². The molecule has 1 aromatic heterocycles. The second-order valence-electron chi connectivity index (χ2n) is 7.41. The van der Waals surface area contributed by atoms with E-state index < -0.39 is 0 Å². The summed E-state index contributed by atoms with van der Waals surface area (Å²) in [5, 5.41) is 1.26. The lowest BCUT2D eigenvalue weighted by Gasteiger charge is -2.20. The van der Waals surface area contributed by atoms with Crippen LogP contribution in [0.1, 0.15) is 16.7 Å². The lowest BCUT2D eigenvalue weighted by Crippen LogP contribution is -2.33. The molecule has 0 unspecified atom stereocenters. The number of hydrogen-bond acceptors (Lipinski definition) is 2. The highest BCUT2D eigenvalue weighted by Gasteiger charge is 2.24. The van der Waals surface area contributed by atoms with Gasteiger partial charge in [-0.1, -0.05) is 84.6 Å². The van der Waals surface area contributed by atoms with Crippen molar-refractivity contribution in [1.29, 1.82) is 0 Å². The summed E-state index contributed by atoms with van der Waals surface area (Å²) in [4.78, 5) is 3.73. The van der Waals surface area contributed by atoms with Crippen molar-refractivity contribution in [3.63, 3.8) is 0 Å². The number of nitrogens with zero attached hydrogens (tertiary/aromatic N) is 2. The molecule has 3 heteroatoms. The zero-order valence-electron chi connectivity index (χ0n) is 16.7. The lowest BCUT2D eigenvalue weighted by atomic mass is 10.2. The SMILES string of the molecule is C(=C1/Sc2ccccc2N1Cc1ccccc1)/c1cc[n+](Cc2ccccc2)cc1. The summed E-state index contributed by atoms with van der Waals surface area (Å²) in [7, 11) is 0. The molecule has 146 valence electrons. The first kappa shape index (κ1) is 18.7. The smallest absolute Gasteiger partial charge is 0.173 e. The van der Waals surface area contributed by atoms with Gasteiger partial charge < -0.3 is 4.90 Å². The average molecular weight is 408 g/mol. The maximum Gasteiger partial charge on any atom is 0.173 e. The maximum atomic E-state index is 2.42. The molecule has 0 aliphatic carbocycles. The largest absolute Gasteiger partial charge is 0.330 e. The highest BCUT2D eigenvalue weighted by molar-refractivity contribution is 8.03. The third-order valence-electron chi connectivity index (χ3n) is 5.24. The van der Waals surface area contributed by atoms with Gasteiger partial charge in [0.05, 0.1) is 10.7 Å². The summed E-state index contributed by atoms with van der Waals surface area (Å²) >= 11 is 1.85. The minimum Gasteiger partial charge on any atom is -0.330 e. The normalized spacial score (nSPS) is 14.1. The molecule has 0 saturated heterocycles. The third kappa shape index (κ3) is 4.17. The Morgan fingerprint density at radius 1 is 0.700 bits per heavy atom. The van der Waals surface area contributed by atoms with E-state index in [-0.39, 0.29) is 0 Å². The Labute approximate surface area is 182 Å².